The first-order valence-corrected chi connectivity index (χ1v) is 7.32. The normalized spacial score (nSPS) is 42.2. The van der Waals surface area contributed by atoms with Crippen molar-refractivity contribution in [3.05, 3.63) is 0 Å². The SMILES string of the molecule is [3H]C1CC(O)[C@@H](CCP(C)(O)=S)O1. The van der Waals surface area contributed by atoms with Gasteiger partial charge in [0, 0.05) is 12.7 Å². The second-order valence-electron chi connectivity index (χ2n) is 3.21. The summed E-state index contributed by atoms with van der Waals surface area (Å²) in [5.41, 5.74) is 0. The molecule has 1 aliphatic heterocycles. The molecular formula is C7H15O3PS. The van der Waals surface area contributed by atoms with Gasteiger partial charge in [0.1, 0.15) is 0 Å². The summed E-state index contributed by atoms with van der Waals surface area (Å²) < 4.78 is 12.4. The maximum absolute atomic E-state index is 9.41. The lowest BCUT2D eigenvalue weighted by molar-refractivity contribution is 0.0407. The van der Waals surface area contributed by atoms with Gasteiger partial charge < -0.3 is 14.7 Å². The Morgan fingerprint density at radius 1 is 1.83 bits per heavy atom. The molecule has 0 aromatic carbocycles. The van der Waals surface area contributed by atoms with E-state index >= 15 is 0 Å². The molecule has 5 heteroatoms. The van der Waals surface area contributed by atoms with Crippen LogP contribution >= 0.6 is 6.26 Å². The Hall–Kier alpha value is 0.530. The molecule has 0 amide bonds. The fourth-order valence-corrected chi connectivity index (χ4v) is 2.20. The minimum Gasteiger partial charge on any atom is -0.390 e. The van der Waals surface area contributed by atoms with Crippen molar-refractivity contribution in [2.24, 2.45) is 0 Å². The van der Waals surface area contributed by atoms with Gasteiger partial charge in [0.25, 0.3) is 0 Å². The Morgan fingerprint density at radius 3 is 2.92 bits per heavy atom. The van der Waals surface area contributed by atoms with Crippen LogP contribution in [-0.2, 0) is 16.5 Å². The van der Waals surface area contributed by atoms with Gasteiger partial charge in [-0.2, -0.15) is 0 Å². The third-order valence-corrected chi connectivity index (χ3v) is 3.50. The molecule has 1 aliphatic rings. The van der Waals surface area contributed by atoms with Gasteiger partial charge >= 0.3 is 0 Å². The van der Waals surface area contributed by atoms with Gasteiger partial charge in [-0.05, 0) is 19.5 Å². The van der Waals surface area contributed by atoms with Gasteiger partial charge in [-0.15, -0.1) is 0 Å². The molecule has 0 saturated carbocycles. The third-order valence-electron chi connectivity index (χ3n) is 1.87. The first kappa shape index (κ1) is 9.10. The smallest absolute Gasteiger partial charge is 0.0839 e. The van der Waals surface area contributed by atoms with Crippen molar-refractivity contribution >= 4 is 18.1 Å². The summed E-state index contributed by atoms with van der Waals surface area (Å²) in [6.07, 6.45) is -1.63. The Bertz CT molecular complexity index is 220. The van der Waals surface area contributed by atoms with Gasteiger partial charge in [-0.1, -0.05) is 11.8 Å². The highest BCUT2D eigenvalue weighted by Gasteiger charge is 2.26. The van der Waals surface area contributed by atoms with E-state index in [4.69, 9.17) is 17.9 Å². The van der Waals surface area contributed by atoms with E-state index in [-0.39, 0.29) is 6.10 Å². The highest BCUT2D eigenvalue weighted by Crippen LogP contribution is 2.37. The molecule has 1 rings (SSSR count). The molecule has 0 radical (unpaired) electrons. The van der Waals surface area contributed by atoms with Crippen molar-refractivity contribution in [2.45, 2.75) is 25.0 Å². The van der Waals surface area contributed by atoms with Gasteiger partial charge in [-0.25, -0.2) is 0 Å². The number of rotatable bonds is 3. The molecular weight excluding hydrogens is 195 g/mol. The number of hydrogen-bond donors (Lipinski definition) is 2. The summed E-state index contributed by atoms with van der Waals surface area (Å²) >= 11 is 4.87. The maximum atomic E-state index is 9.41. The highest BCUT2D eigenvalue weighted by molar-refractivity contribution is 8.11. The predicted octanol–water partition coefficient (Wildman–Crippen LogP) is 0.543. The highest BCUT2D eigenvalue weighted by atomic mass is 32.4. The molecule has 4 atom stereocenters. The molecule has 3 nitrogen and oxygen atoms in total. The molecule has 72 valence electrons. The van der Waals surface area contributed by atoms with Gasteiger partial charge in [0.15, 0.2) is 0 Å². The standard InChI is InChI=1S/C7H15O3PS/c1-11(9,12)5-3-7-6(8)2-4-10-7/h6-8H,2-5H2,1H3,(H,9,12)/t6?,7-,11?/m1/s1/i4T/t4?,6?,7-,11?. The van der Waals surface area contributed by atoms with Crippen LogP contribution < -0.4 is 0 Å². The maximum Gasteiger partial charge on any atom is 0.0839 e. The van der Waals surface area contributed by atoms with E-state index in [0.29, 0.717) is 19.0 Å². The first-order chi connectivity index (χ1) is 5.88. The van der Waals surface area contributed by atoms with E-state index in [1.54, 1.807) is 6.66 Å². The van der Waals surface area contributed by atoms with E-state index in [1.807, 2.05) is 0 Å². The van der Waals surface area contributed by atoms with Crippen molar-refractivity contribution in [1.82, 2.24) is 0 Å². The second kappa shape index (κ2) is 4.16. The quantitative estimate of drug-likeness (QED) is 0.670. The minimum absolute atomic E-state index is 0.308. The first-order valence-electron chi connectivity index (χ1n) is 4.51. The van der Waals surface area contributed by atoms with Crippen LogP contribution in [0.1, 0.15) is 14.2 Å². The molecule has 0 aromatic heterocycles. The summed E-state index contributed by atoms with van der Waals surface area (Å²) in [5.74, 6) is 0. The number of aliphatic hydroxyl groups excluding tert-OH is 1. The average Bonchev–Trinajstić information content (AvgIpc) is 2.24. The molecule has 2 N–H and O–H groups in total. The van der Waals surface area contributed by atoms with Gasteiger partial charge in [0.05, 0.1) is 19.8 Å². The van der Waals surface area contributed by atoms with Crippen LogP contribution in [0.5, 0.6) is 0 Å². The van der Waals surface area contributed by atoms with Crippen molar-refractivity contribution in [3.63, 3.8) is 0 Å². The lowest BCUT2D eigenvalue weighted by atomic mass is 10.1. The van der Waals surface area contributed by atoms with E-state index in [0.717, 1.165) is 0 Å². The van der Waals surface area contributed by atoms with Crippen LogP contribution in [-0.4, -0.2) is 41.6 Å². The zero-order valence-electron chi connectivity index (χ0n) is 8.01. The molecule has 0 aromatic rings. The summed E-state index contributed by atoms with van der Waals surface area (Å²) in [6, 6.07) is 0. The molecule has 1 saturated heterocycles. The van der Waals surface area contributed by atoms with Crippen molar-refractivity contribution in [1.29, 1.82) is 0 Å². The zero-order chi connectivity index (χ0) is 10.1. The van der Waals surface area contributed by atoms with Crippen molar-refractivity contribution in [3.8, 4) is 0 Å². The van der Waals surface area contributed by atoms with Crippen LogP contribution in [0.4, 0.5) is 0 Å². The monoisotopic (exact) mass is 212 g/mol. The second-order valence-corrected chi connectivity index (χ2v) is 8.12. The minimum atomic E-state index is -2.18. The van der Waals surface area contributed by atoms with Crippen LogP contribution in [0.2, 0.25) is 0 Å². The van der Waals surface area contributed by atoms with Gasteiger partial charge in [-0.3, -0.25) is 0 Å². The fourth-order valence-electron chi connectivity index (χ4n) is 1.15. The van der Waals surface area contributed by atoms with E-state index in [2.05, 4.69) is 0 Å². The lowest BCUT2D eigenvalue weighted by Gasteiger charge is -2.15. The summed E-state index contributed by atoms with van der Waals surface area (Å²) in [4.78, 5) is 9.37. The van der Waals surface area contributed by atoms with E-state index in [1.165, 1.54) is 0 Å². The van der Waals surface area contributed by atoms with Crippen LogP contribution in [0.15, 0.2) is 0 Å². The Labute approximate surface area is 79.2 Å². The molecule has 0 aliphatic carbocycles. The lowest BCUT2D eigenvalue weighted by Crippen LogP contribution is -2.21. The van der Waals surface area contributed by atoms with Crippen LogP contribution in [0.25, 0.3) is 0 Å². The van der Waals surface area contributed by atoms with Crippen molar-refractivity contribution in [2.75, 3.05) is 19.4 Å². The number of aliphatic hydroxyl groups is 1. The van der Waals surface area contributed by atoms with Crippen LogP contribution in [0, 0.1) is 0 Å². The average molecular weight is 212 g/mol. The fraction of sp³-hybridized carbons (Fsp3) is 1.00. The molecule has 0 bridgehead atoms. The Kier molecular flexibility index (Phi) is 3.15. The van der Waals surface area contributed by atoms with Gasteiger partial charge in [0.2, 0.25) is 0 Å². The zero-order valence-corrected chi connectivity index (χ0v) is 8.72. The molecule has 3 unspecified atom stereocenters. The molecule has 1 fully saturated rings. The Balaban J connectivity index is 2.34. The predicted molar refractivity (Wildman–Crippen MR) is 52.3 cm³/mol. The summed E-state index contributed by atoms with van der Waals surface area (Å²) in [7, 11) is 0. The Morgan fingerprint density at radius 2 is 2.50 bits per heavy atom. The van der Waals surface area contributed by atoms with E-state index < -0.39 is 19.0 Å². The number of hydrogen-bond acceptors (Lipinski definition) is 3. The van der Waals surface area contributed by atoms with Crippen LogP contribution in [0.3, 0.4) is 0 Å². The number of ether oxygens (including phenoxy) is 1. The molecule has 1 heterocycles. The topological polar surface area (TPSA) is 49.7 Å². The molecule has 12 heavy (non-hydrogen) atoms. The third kappa shape index (κ3) is 3.50. The van der Waals surface area contributed by atoms with Crippen molar-refractivity contribution < 1.29 is 16.1 Å². The largest absolute Gasteiger partial charge is 0.390 e. The van der Waals surface area contributed by atoms with E-state index in [9.17, 15) is 10.00 Å². The molecule has 0 spiro atoms. The summed E-state index contributed by atoms with van der Waals surface area (Å²) in [6.45, 7) is 1.04. The summed E-state index contributed by atoms with van der Waals surface area (Å²) in [5, 5.41) is 9.41.